The Labute approximate surface area is 118 Å². The third-order valence-electron chi connectivity index (χ3n) is 3.05. The third kappa shape index (κ3) is 1.78. The topological polar surface area (TPSA) is 69.4 Å². The molecule has 1 aliphatic rings. The van der Waals surface area contributed by atoms with Gasteiger partial charge in [0.2, 0.25) is 5.05 Å². The second kappa shape index (κ2) is 4.50. The number of carbonyl (C=O) groups is 1. The number of nitro benzene ring substituents is 1. The summed E-state index contributed by atoms with van der Waals surface area (Å²) in [5.41, 5.74) is 1.28. The van der Waals surface area contributed by atoms with Gasteiger partial charge in [0.15, 0.2) is 0 Å². The first-order chi connectivity index (χ1) is 9.59. The van der Waals surface area contributed by atoms with Crippen LogP contribution in [0.1, 0.15) is 15.9 Å². The van der Waals surface area contributed by atoms with E-state index in [-0.39, 0.29) is 21.9 Å². The normalized spacial score (nSPS) is 13.0. The van der Waals surface area contributed by atoms with E-state index in [1.807, 2.05) is 0 Å². The maximum Gasteiger partial charge on any atom is 0.346 e. The van der Waals surface area contributed by atoms with Crippen molar-refractivity contribution in [2.75, 3.05) is 0 Å². The molecule has 1 aliphatic heterocycles. The molecule has 0 aliphatic carbocycles. The Morgan fingerprint density at radius 2 is 1.75 bits per heavy atom. The van der Waals surface area contributed by atoms with Crippen LogP contribution in [0.5, 0.6) is 0 Å². The van der Waals surface area contributed by atoms with Gasteiger partial charge in [-0.1, -0.05) is 30.3 Å². The molecule has 5 nitrogen and oxygen atoms in total. The molecular formula is C14H7NO4S. The summed E-state index contributed by atoms with van der Waals surface area (Å²) in [4.78, 5) is 22.6. The van der Waals surface area contributed by atoms with Crippen LogP contribution in [-0.2, 0) is 4.74 Å². The Balaban J connectivity index is 2.39. The van der Waals surface area contributed by atoms with Crippen LogP contribution in [0, 0.1) is 10.1 Å². The average molecular weight is 285 g/mol. The second-order valence-corrected chi connectivity index (χ2v) is 4.55. The van der Waals surface area contributed by atoms with E-state index in [2.05, 4.69) is 0 Å². The first-order valence-corrected chi connectivity index (χ1v) is 6.13. The van der Waals surface area contributed by atoms with Crippen molar-refractivity contribution in [1.82, 2.24) is 0 Å². The van der Waals surface area contributed by atoms with Crippen molar-refractivity contribution in [2.45, 2.75) is 0 Å². The standard InChI is InChI=1S/C14H7NO4S/c16-13-12-9(14(20)19-13)6-7-10(15(17)18)11(12)8-4-2-1-3-5-8/h1-7H. The van der Waals surface area contributed by atoms with Crippen LogP contribution in [0.2, 0.25) is 0 Å². The number of rotatable bonds is 2. The molecule has 2 aromatic carbocycles. The van der Waals surface area contributed by atoms with E-state index in [0.29, 0.717) is 11.1 Å². The lowest BCUT2D eigenvalue weighted by Crippen LogP contribution is -2.01. The van der Waals surface area contributed by atoms with Crippen LogP contribution < -0.4 is 0 Å². The van der Waals surface area contributed by atoms with Crippen LogP contribution in [0.3, 0.4) is 0 Å². The third-order valence-corrected chi connectivity index (χ3v) is 3.36. The van der Waals surface area contributed by atoms with Gasteiger partial charge in [-0.2, -0.15) is 0 Å². The summed E-state index contributed by atoms with van der Waals surface area (Å²) in [5.74, 6) is -0.646. The van der Waals surface area contributed by atoms with Crippen molar-refractivity contribution in [3.63, 3.8) is 0 Å². The number of nitrogens with zero attached hydrogens (tertiary/aromatic N) is 1. The summed E-state index contributed by atoms with van der Waals surface area (Å²) < 4.78 is 4.90. The molecule has 20 heavy (non-hydrogen) atoms. The fourth-order valence-electron chi connectivity index (χ4n) is 2.21. The lowest BCUT2D eigenvalue weighted by molar-refractivity contribution is -0.384. The molecule has 0 bridgehead atoms. The Hall–Kier alpha value is -2.60. The number of ether oxygens (including phenoxy) is 1. The monoisotopic (exact) mass is 285 g/mol. The molecule has 0 radical (unpaired) electrons. The molecule has 98 valence electrons. The molecule has 1 heterocycles. The first-order valence-electron chi connectivity index (χ1n) is 5.73. The maximum absolute atomic E-state index is 11.9. The number of hydrogen-bond acceptors (Lipinski definition) is 5. The molecule has 3 rings (SSSR count). The minimum Gasteiger partial charge on any atom is -0.410 e. The van der Waals surface area contributed by atoms with Crippen molar-refractivity contribution >= 4 is 28.9 Å². The Morgan fingerprint density at radius 3 is 2.40 bits per heavy atom. The van der Waals surface area contributed by atoms with E-state index >= 15 is 0 Å². The van der Waals surface area contributed by atoms with Crippen LogP contribution in [0.4, 0.5) is 5.69 Å². The highest BCUT2D eigenvalue weighted by atomic mass is 32.1. The molecule has 0 amide bonds. The van der Waals surface area contributed by atoms with E-state index in [4.69, 9.17) is 17.0 Å². The molecular weight excluding hydrogens is 278 g/mol. The zero-order valence-corrected chi connectivity index (χ0v) is 10.8. The molecule has 0 fully saturated rings. The summed E-state index contributed by atoms with van der Waals surface area (Å²) >= 11 is 4.96. The van der Waals surface area contributed by atoms with Crippen LogP contribution in [0.15, 0.2) is 42.5 Å². The minimum absolute atomic E-state index is 0.0529. The zero-order chi connectivity index (χ0) is 14.3. The number of benzene rings is 2. The highest BCUT2D eigenvalue weighted by Gasteiger charge is 2.34. The lowest BCUT2D eigenvalue weighted by atomic mass is 9.95. The predicted octanol–water partition coefficient (Wildman–Crippen LogP) is 3.11. The quantitative estimate of drug-likeness (QED) is 0.367. The summed E-state index contributed by atoms with van der Waals surface area (Å²) in [7, 11) is 0. The highest BCUT2D eigenvalue weighted by molar-refractivity contribution is 7.80. The van der Waals surface area contributed by atoms with Gasteiger partial charge in [0.25, 0.3) is 5.69 Å². The van der Waals surface area contributed by atoms with Gasteiger partial charge < -0.3 is 4.74 Å². The lowest BCUT2D eigenvalue weighted by Gasteiger charge is -2.06. The van der Waals surface area contributed by atoms with E-state index in [1.54, 1.807) is 30.3 Å². The number of thiocarbonyl (C=S) groups is 1. The van der Waals surface area contributed by atoms with Crippen LogP contribution in [-0.4, -0.2) is 15.9 Å². The van der Waals surface area contributed by atoms with E-state index in [0.717, 1.165) is 0 Å². The van der Waals surface area contributed by atoms with Gasteiger partial charge >= 0.3 is 5.97 Å². The summed E-state index contributed by atoms with van der Waals surface area (Å²) in [5, 5.41) is 11.3. The summed E-state index contributed by atoms with van der Waals surface area (Å²) in [6.45, 7) is 0. The zero-order valence-electron chi connectivity index (χ0n) is 10.0. The SMILES string of the molecule is O=C1OC(=S)c2ccc([N+](=O)[O-])c(-c3ccccc3)c21. The van der Waals surface area contributed by atoms with Gasteiger partial charge in [0.1, 0.15) is 0 Å². The molecule has 0 aromatic heterocycles. The number of carbonyl (C=O) groups excluding carboxylic acids is 1. The predicted molar refractivity (Wildman–Crippen MR) is 75.6 cm³/mol. The number of cyclic esters (lactones) is 1. The minimum atomic E-state index is -0.646. The molecule has 0 atom stereocenters. The molecule has 0 saturated carbocycles. The van der Waals surface area contributed by atoms with E-state index in [1.165, 1.54) is 12.1 Å². The van der Waals surface area contributed by atoms with Gasteiger partial charge in [0.05, 0.1) is 16.1 Å². The van der Waals surface area contributed by atoms with Crippen molar-refractivity contribution in [1.29, 1.82) is 0 Å². The van der Waals surface area contributed by atoms with Gasteiger partial charge in [-0.25, -0.2) is 4.79 Å². The van der Waals surface area contributed by atoms with E-state index < -0.39 is 10.9 Å². The van der Waals surface area contributed by atoms with Gasteiger partial charge in [-0.15, -0.1) is 0 Å². The smallest absolute Gasteiger partial charge is 0.346 e. The fraction of sp³-hybridized carbons (Fsp3) is 0. The Morgan fingerprint density at radius 1 is 1.05 bits per heavy atom. The summed E-state index contributed by atoms with van der Waals surface area (Å²) in [6.07, 6.45) is 0. The van der Waals surface area contributed by atoms with Crippen LogP contribution in [0.25, 0.3) is 11.1 Å². The molecule has 0 spiro atoms. The van der Waals surface area contributed by atoms with Crippen molar-refractivity contribution in [3.8, 4) is 11.1 Å². The van der Waals surface area contributed by atoms with Crippen molar-refractivity contribution in [3.05, 3.63) is 63.7 Å². The Bertz CT molecular complexity index is 755. The highest BCUT2D eigenvalue weighted by Crippen LogP contribution is 2.38. The van der Waals surface area contributed by atoms with Gasteiger partial charge in [0, 0.05) is 11.6 Å². The molecule has 0 saturated heterocycles. The van der Waals surface area contributed by atoms with Crippen molar-refractivity contribution < 1.29 is 14.5 Å². The van der Waals surface area contributed by atoms with Gasteiger partial charge in [-0.3, -0.25) is 10.1 Å². The van der Waals surface area contributed by atoms with Crippen LogP contribution >= 0.6 is 12.2 Å². The van der Waals surface area contributed by atoms with Crippen molar-refractivity contribution in [2.24, 2.45) is 0 Å². The first kappa shape index (κ1) is 12.4. The number of esters is 1. The molecule has 6 heteroatoms. The largest absolute Gasteiger partial charge is 0.410 e. The molecule has 0 unspecified atom stereocenters. The number of hydrogen-bond donors (Lipinski definition) is 0. The fourth-order valence-corrected chi connectivity index (χ4v) is 2.46. The molecule has 2 aromatic rings. The van der Waals surface area contributed by atoms with Gasteiger partial charge in [-0.05, 0) is 23.8 Å². The van der Waals surface area contributed by atoms with E-state index in [9.17, 15) is 14.9 Å². The maximum atomic E-state index is 11.9. The summed E-state index contributed by atoms with van der Waals surface area (Å²) in [6, 6.07) is 11.5. The number of fused-ring (bicyclic) bond motifs is 1. The molecule has 0 N–H and O–H groups in total. The number of nitro groups is 1. The average Bonchev–Trinajstić information content (AvgIpc) is 2.74. The Kier molecular flexibility index (Phi) is 2.80. The second-order valence-electron chi connectivity index (χ2n) is 4.18.